The summed E-state index contributed by atoms with van der Waals surface area (Å²) in [6, 6.07) is 0. The molecular weight excluding hydrogens is 191 g/mol. The van der Waals surface area contributed by atoms with Crippen molar-refractivity contribution in [1.29, 1.82) is 0 Å². The van der Waals surface area contributed by atoms with Gasteiger partial charge in [0, 0.05) is 26.2 Å². The van der Waals surface area contributed by atoms with E-state index in [1.165, 1.54) is 0 Å². The molecule has 2 N–H and O–H groups in total. The van der Waals surface area contributed by atoms with E-state index in [0.717, 1.165) is 13.1 Å². The van der Waals surface area contributed by atoms with E-state index in [1.807, 2.05) is 14.1 Å². The molecule has 0 saturated heterocycles. The Balaban J connectivity index is -0.0000000720. The van der Waals surface area contributed by atoms with Crippen LogP contribution in [-0.4, -0.2) is 27.2 Å². The summed E-state index contributed by atoms with van der Waals surface area (Å²) < 4.78 is 0. The van der Waals surface area contributed by atoms with Crippen LogP contribution in [0.25, 0.3) is 0 Å². The maximum atomic E-state index is 2.93. The van der Waals surface area contributed by atoms with Crippen LogP contribution in [0.15, 0.2) is 0 Å². The predicted molar refractivity (Wildman–Crippen MR) is 39.2 cm³/mol. The summed E-state index contributed by atoms with van der Waals surface area (Å²) in [5, 5.41) is 5.86. The second-order valence-corrected chi connectivity index (χ2v) is 1.41. The van der Waals surface area contributed by atoms with Gasteiger partial charge in [0.1, 0.15) is 0 Å². The molecule has 0 aromatic rings. The molecule has 2 nitrogen and oxygen atoms in total. The Labute approximate surface area is 77.9 Å². The van der Waals surface area contributed by atoms with Gasteiger partial charge in [-0.1, -0.05) is 13.8 Å². The smallest absolute Gasteiger partial charge is 0 e. The van der Waals surface area contributed by atoms with Crippen molar-refractivity contribution in [3.63, 3.8) is 0 Å². The molecule has 9 heavy (non-hydrogen) atoms. The van der Waals surface area contributed by atoms with Crippen molar-refractivity contribution in [2.75, 3.05) is 27.2 Å². The average molecular weight is 209 g/mol. The van der Waals surface area contributed by atoms with Crippen LogP contribution in [0.3, 0.4) is 0 Å². The molecule has 0 radical (unpaired) electrons. The summed E-state index contributed by atoms with van der Waals surface area (Å²) in [6.07, 6.45) is 0. The fourth-order valence-electron chi connectivity index (χ4n) is 0. The molecule has 0 aliphatic carbocycles. The largest absolute Gasteiger partial charge is 0.320 e. The van der Waals surface area contributed by atoms with E-state index in [4.69, 9.17) is 0 Å². The molecule has 0 fully saturated rings. The Kier molecular flexibility index (Phi) is 42.4. The summed E-state index contributed by atoms with van der Waals surface area (Å²) in [4.78, 5) is 0. The van der Waals surface area contributed by atoms with Crippen molar-refractivity contribution >= 4 is 0 Å². The topological polar surface area (TPSA) is 24.1 Å². The van der Waals surface area contributed by atoms with Gasteiger partial charge in [-0.3, -0.25) is 0 Å². The summed E-state index contributed by atoms with van der Waals surface area (Å²) in [5.74, 6) is 0. The van der Waals surface area contributed by atoms with Crippen LogP contribution in [-0.2, 0) is 26.2 Å². The van der Waals surface area contributed by atoms with Crippen molar-refractivity contribution in [3.8, 4) is 0 Å². The number of nitrogens with one attached hydrogen (secondary N) is 2. The molecule has 0 aliphatic heterocycles. The zero-order valence-corrected chi connectivity index (χ0v) is 9.37. The Morgan fingerprint density at radius 3 is 1.00 bits per heavy atom. The van der Waals surface area contributed by atoms with E-state index < -0.39 is 0 Å². The second-order valence-electron chi connectivity index (χ2n) is 1.41. The predicted octanol–water partition coefficient (Wildman–Crippen LogP) is 0.449. The van der Waals surface area contributed by atoms with Gasteiger partial charge < -0.3 is 10.6 Å². The maximum Gasteiger partial charge on any atom is 0 e. The van der Waals surface area contributed by atoms with Gasteiger partial charge in [0.2, 0.25) is 0 Å². The minimum Gasteiger partial charge on any atom is -0.320 e. The molecule has 0 spiro atoms. The zero-order valence-electron chi connectivity index (χ0n) is 6.91. The fraction of sp³-hybridized carbons (Fsp3) is 1.00. The van der Waals surface area contributed by atoms with Crippen LogP contribution in [0, 0.1) is 0 Å². The van der Waals surface area contributed by atoms with Gasteiger partial charge in [-0.25, -0.2) is 0 Å². The van der Waals surface area contributed by atoms with Gasteiger partial charge in [-0.05, 0) is 27.2 Å². The summed E-state index contributed by atoms with van der Waals surface area (Å²) in [5.41, 5.74) is 0. The van der Waals surface area contributed by atoms with Crippen LogP contribution in [0.1, 0.15) is 13.8 Å². The first-order valence-electron chi connectivity index (χ1n) is 3.12. The Morgan fingerprint density at radius 1 is 0.889 bits per heavy atom. The van der Waals surface area contributed by atoms with Crippen molar-refractivity contribution in [1.82, 2.24) is 10.6 Å². The van der Waals surface area contributed by atoms with Crippen molar-refractivity contribution in [2.24, 2.45) is 0 Å². The molecule has 56 valence electrons. The molecule has 0 aromatic heterocycles. The first kappa shape index (κ1) is 16.4. The van der Waals surface area contributed by atoms with E-state index in [2.05, 4.69) is 24.5 Å². The third-order valence-electron chi connectivity index (χ3n) is 0.707. The molecule has 0 aliphatic rings. The van der Waals surface area contributed by atoms with Gasteiger partial charge in [0.05, 0.1) is 0 Å². The van der Waals surface area contributed by atoms with Crippen molar-refractivity contribution < 1.29 is 26.2 Å². The first-order chi connectivity index (χ1) is 3.83. The van der Waals surface area contributed by atoms with Gasteiger partial charge in [0.25, 0.3) is 0 Å². The molecule has 0 heterocycles. The maximum absolute atomic E-state index is 2.93. The average Bonchev–Trinajstić information content (AvgIpc) is 1.88. The van der Waals surface area contributed by atoms with E-state index >= 15 is 0 Å². The van der Waals surface area contributed by atoms with Crippen molar-refractivity contribution in [3.05, 3.63) is 0 Å². The number of rotatable bonds is 2. The van der Waals surface area contributed by atoms with Gasteiger partial charge in [0.15, 0.2) is 0 Å². The third-order valence-corrected chi connectivity index (χ3v) is 0.707. The molecule has 0 aromatic carbocycles. The van der Waals surface area contributed by atoms with E-state index in [0.29, 0.717) is 0 Å². The fourth-order valence-corrected chi connectivity index (χ4v) is 0. The van der Waals surface area contributed by atoms with Crippen LogP contribution in [0.5, 0.6) is 0 Å². The summed E-state index contributed by atoms with van der Waals surface area (Å²) in [6.45, 7) is 6.28. The monoisotopic (exact) mass is 208 g/mol. The third kappa shape index (κ3) is 51.9. The summed E-state index contributed by atoms with van der Waals surface area (Å²) >= 11 is 0. The van der Waals surface area contributed by atoms with Crippen LogP contribution < -0.4 is 10.6 Å². The molecule has 0 saturated carbocycles. The standard InChI is InChI=1S/2C3H9N.Zr/c2*1-3-4-2;/h2*4H,3H2,1-2H3;. The SMILES string of the molecule is CCNC.CCNC.[Zr]. The molecule has 3 heteroatoms. The van der Waals surface area contributed by atoms with Gasteiger partial charge >= 0.3 is 0 Å². The van der Waals surface area contributed by atoms with Crippen LogP contribution in [0.2, 0.25) is 0 Å². The molecule has 0 unspecified atom stereocenters. The number of hydrogen-bond acceptors (Lipinski definition) is 2. The molecule has 0 amide bonds. The Bertz CT molecular complexity index is 19.0. The minimum absolute atomic E-state index is 0. The second kappa shape index (κ2) is 23.2. The Hall–Kier alpha value is 0.803. The van der Waals surface area contributed by atoms with Gasteiger partial charge in [-0.15, -0.1) is 0 Å². The minimum atomic E-state index is 0. The van der Waals surface area contributed by atoms with E-state index in [9.17, 15) is 0 Å². The van der Waals surface area contributed by atoms with Crippen LogP contribution >= 0.6 is 0 Å². The molecule has 0 bridgehead atoms. The normalized spacial score (nSPS) is 6.67. The molecule has 0 atom stereocenters. The number of hydrogen-bond donors (Lipinski definition) is 2. The van der Waals surface area contributed by atoms with Gasteiger partial charge in [-0.2, -0.15) is 0 Å². The van der Waals surface area contributed by atoms with Crippen LogP contribution in [0.4, 0.5) is 0 Å². The molecule has 0 rings (SSSR count). The Morgan fingerprint density at radius 2 is 1.00 bits per heavy atom. The molecular formula is C6H18N2Zr. The summed E-state index contributed by atoms with van der Waals surface area (Å²) in [7, 11) is 3.86. The van der Waals surface area contributed by atoms with E-state index in [1.54, 1.807) is 0 Å². The van der Waals surface area contributed by atoms with Crippen molar-refractivity contribution in [2.45, 2.75) is 13.8 Å². The van der Waals surface area contributed by atoms with E-state index in [-0.39, 0.29) is 26.2 Å². The zero-order chi connectivity index (χ0) is 6.83. The first-order valence-corrected chi connectivity index (χ1v) is 3.12. The quantitative estimate of drug-likeness (QED) is 0.690.